The molecule has 0 aliphatic heterocycles. The lowest BCUT2D eigenvalue weighted by Gasteiger charge is -2.14. The third kappa shape index (κ3) is 3.78. The number of nitrogens with two attached hydrogens (primary N) is 1. The van der Waals surface area contributed by atoms with Crippen LogP contribution in [-0.4, -0.2) is 4.98 Å². The molecule has 1 atom stereocenters. The Kier molecular flexibility index (Phi) is 5.01. The number of benzene rings is 1. The molecule has 0 spiro atoms. The molecule has 2 aromatic rings. The number of hydrogen-bond acceptors (Lipinski definition) is 2. The maximum atomic E-state index is 6.23. The third-order valence-corrected chi connectivity index (χ3v) is 4.26. The van der Waals surface area contributed by atoms with Gasteiger partial charge in [-0.05, 0) is 68.5 Å². The first kappa shape index (κ1) is 15.0. The number of hydrogen-bond donors (Lipinski definition) is 1. The SMILES string of the molecule is Cc1ccc(CC(N)c2ncc(Br)cc2Br)c(Cl)c1. The van der Waals surface area contributed by atoms with E-state index in [1.165, 1.54) is 0 Å². The molecule has 0 amide bonds. The van der Waals surface area contributed by atoms with Crippen LogP contribution in [0.2, 0.25) is 5.02 Å². The summed E-state index contributed by atoms with van der Waals surface area (Å²) in [7, 11) is 0. The zero-order valence-corrected chi connectivity index (χ0v) is 14.3. The molecule has 1 unspecified atom stereocenters. The molecule has 0 saturated heterocycles. The Morgan fingerprint density at radius 2 is 2.05 bits per heavy atom. The molecule has 19 heavy (non-hydrogen) atoms. The highest BCUT2D eigenvalue weighted by Crippen LogP contribution is 2.27. The number of halogens is 3. The Labute approximate surface area is 134 Å². The first-order valence-electron chi connectivity index (χ1n) is 5.79. The zero-order valence-electron chi connectivity index (χ0n) is 10.3. The largest absolute Gasteiger partial charge is 0.322 e. The van der Waals surface area contributed by atoms with Crippen LogP contribution in [0.15, 0.2) is 39.4 Å². The fourth-order valence-corrected chi connectivity index (χ4v) is 3.44. The zero-order chi connectivity index (χ0) is 14.0. The van der Waals surface area contributed by atoms with E-state index >= 15 is 0 Å². The van der Waals surface area contributed by atoms with Gasteiger partial charge in [-0.15, -0.1) is 0 Å². The van der Waals surface area contributed by atoms with Crippen molar-refractivity contribution in [1.82, 2.24) is 4.98 Å². The lowest BCUT2D eigenvalue weighted by Crippen LogP contribution is -2.15. The van der Waals surface area contributed by atoms with Crippen molar-refractivity contribution in [2.24, 2.45) is 5.73 Å². The van der Waals surface area contributed by atoms with Crippen LogP contribution in [0.1, 0.15) is 22.9 Å². The van der Waals surface area contributed by atoms with E-state index in [1.54, 1.807) is 6.20 Å². The molecular weight excluding hydrogens is 391 g/mol. The highest BCUT2D eigenvalue weighted by Gasteiger charge is 2.14. The fourth-order valence-electron chi connectivity index (χ4n) is 1.85. The topological polar surface area (TPSA) is 38.9 Å². The van der Waals surface area contributed by atoms with Crippen LogP contribution in [0.3, 0.4) is 0 Å². The summed E-state index contributed by atoms with van der Waals surface area (Å²) in [5, 5.41) is 0.753. The Bertz CT molecular complexity index is 602. The van der Waals surface area contributed by atoms with Crippen molar-refractivity contribution in [1.29, 1.82) is 0 Å². The van der Waals surface area contributed by atoms with Crippen LogP contribution < -0.4 is 5.73 Å². The molecule has 2 rings (SSSR count). The minimum Gasteiger partial charge on any atom is -0.322 e. The third-order valence-electron chi connectivity index (χ3n) is 2.84. The molecule has 2 nitrogen and oxygen atoms in total. The van der Waals surface area contributed by atoms with Crippen LogP contribution in [0.4, 0.5) is 0 Å². The summed E-state index contributed by atoms with van der Waals surface area (Å²) in [6.45, 7) is 2.02. The van der Waals surface area contributed by atoms with Crippen LogP contribution in [0, 0.1) is 6.92 Å². The maximum absolute atomic E-state index is 6.23. The summed E-state index contributed by atoms with van der Waals surface area (Å²) in [5.41, 5.74) is 9.23. The fraction of sp³-hybridized carbons (Fsp3) is 0.214. The van der Waals surface area contributed by atoms with Crippen LogP contribution in [-0.2, 0) is 6.42 Å². The predicted molar refractivity (Wildman–Crippen MR) is 86.5 cm³/mol. The summed E-state index contributed by atoms with van der Waals surface area (Å²) in [4.78, 5) is 4.36. The standard InChI is InChI=1S/C14H13Br2ClN2/c1-8-2-3-9(12(17)4-8)5-13(18)14-11(16)6-10(15)7-19-14/h2-4,6-7,13H,5,18H2,1H3. The molecule has 0 radical (unpaired) electrons. The van der Waals surface area contributed by atoms with Crippen molar-refractivity contribution in [3.8, 4) is 0 Å². The number of pyridine rings is 1. The smallest absolute Gasteiger partial charge is 0.0716 e. The summed E-state index contributed by atoms with van der Waals surface area (Å²) in [5.74, 6) is 0. The number of aryl methyl sites for hydroxylation is 1. The van der Waals surface area contributed by atoms with Gasteiger partial charge in [-0.3, -0.25) is 4.98 Å². The highest BCUT2D eigenvalue weighted by atomic mass is 79.9. The van der Waals surface area contributed by atoms with Crippen molar-refractivity contribution in [2.75, 3.05) is 0 Å². The molecule has 1 aromatic heterocycles. The second kappa shape index (κ2) is 6.35. The number of nitrogens with zero attached hydrogens (tertiary/aromatic N) is 1. The monoisotopic (exact) mass is 402 g/mol. The van der Waals surface area contributed by atoms with Crippen molar-refractivity contribution in [3.05, 3.63) is 61.3 Å². The molecule has 5 heteroatoms. The van der Waals surface area contributed by atoms with E-state index in [-0.39, 0.29) is 6.04 Å². The molecular formula is C14H13Br2ClN2. The van der Waals surface area contributed by atoms with Crippen LogP contribution in [0.25, 0.3) is 0 Å². The van der Waals surface area contributed by atoms with E-state index in [9.17, 15) is 0 Å². The number of aromatic nitrogens is 1. The van der Waals surface area contributed by atoms with Gasteiger partial charge in [0.05, 0.1) is 11.7 Å². The molecule has 1 heterocycles. The molecule has 1 aromatic carbocycles. The van der Waals surface area contributed by atoms with Crippen molar-refractivity contribution in [3.63, 3.8) is 0 Å². The van der Waals surface area contributed by atoms with E-state index in [0.29, 0.717) is 6.42 Å². The van der Waals surface area contributed by atoms with Crippen molar-refractivity contribution >= 4 is 43.5 Å². The van der Waals surface area contributed by atoms with Gasteiger partial charge in [0.25, 0.3) is 0 Å². The minimum absolute atomic E-state index is 0.192. The Balaban J connectivity index is 2.23. The summed E-state index contributed by atoms with van der Waals surface area (Å²) in [6.07, 6.45) is 2.41. The summed E-state index contributed by atoms with van der Waals surface area (Å²) in [6, 6.07) is 7.76. The van der Waals surface area contributed by atoms with Gasteiger partial charge in [0, 0.05) is 20.2 Å². The Morgan fingerprint density at radius 3 is 2.68 bits per heavy atom. The minimum atomic E-state index is -0.192. The van der Waals surface area contributed by atoms with Gasteiger partial charge in [0.2, 0.25) is 0 Å². The predicted octanol–water partition coefficient (Wildman–Crippen LogP) is 4.81. The van der Waals surface area contributed by atoms with Crippen molar-refractivity contribution < 1.29 is 0 Å². The molecule has 0 aliphatic rings. The van der Waals surface area contributed by atoms with Gasteiger partial charge in [-0.25, -0.2) is 0 Å². The summed E-state index contributed by atoms with van der Waals surface area (Å²) < 4.78 is 1.82. The van der Waals surface area contributed by atoms with Gasteiger partial charge in [-0.1, -0.05) is 23.7 Å². The van der Waals surface area contributed by atoms with Crippen LogP contribution in [0.5, 0.6) is 0 Å². The Morgan fingerprint density at radius 1 is 1.32 bits per heavy atom. The second-order valence-corrected chi connectivity index (χ2v) is 6.60. The molecule has 0 bridgehead atoms. The summed E-state index contributed by atoms with van der Waals surface area (Å²) >= 11 is 13.1. The normalized spacial score (nSPS) is 12.5. The second-order valence-electron chi connectivity index (χ2n) is 4.43. The average Bonchev–Trinajstić information content (AvgIpc) is 2.32. The van der Waals surface area contributed by atoms with Crippen LogP contribution >= 0.6 is 43.5 Å². The van der Waals surface area contributed by atoms with Gasteiger partial charge in [0.1, 0.15) is 0 Å². The molecule has 100 valence electrons. The quantitative estimate of drug-likeness (QED) is 0.797. The first-order chi connectivity index (χ1) is 8.97. The Hall–Kier alpha value is -0.420. The van der Waals surface area contributed by atoms with Gasteiger partial charge in [-0.2, -0.15) is 0 Å². The van der Waals surface area contributed by atoms with E-state index in [1.807, 2.05) is 31.2 Å². The van der Waals surface area contributed by atoms with Crippen molar-refractivity contribution in [2.45, 2.75) is 19.4 Å². The average molecular weight is 405 g/mol. The maximum Gasteiger partial charge on any atom is 0.0716 e. The van der Waals surface area contributed by atoms with Gasteiger partial charge < -0.3 is 5.73 Å². The molecule has 0 aliphatic carbocycles. The highest BCUT2D eigenvalue weighted by molar-refractivity contribution is 9.11. The van der Waals surface area contributed by atoms with E-state index < -0.39 is 0 Å². The first-order valence-corrected chi connectivity index (χ1v) is 7.75. The van der Waals surface area contributed by atoms with E-state index in [2.05, 4.69) is 36.8 Å². The number of rotatable bonds is 3. The van der Waals surface area contributed by atoms with Gasteiger partial charge >= 0.3 is 0 Å². The lowest BCUT2D eigenvalue weighted by molar-refractivity contribution is 0.692. The van der Waals surface area contributed by atoms with Gasteiger partial charge in [0.15, 0.2) is 0 Å². The molecule has 0 fully saturated rings. The molecule has 0 saturated carbocycles. The molecule has 2 N–H and O–H groups in total. The lowest BCUT2D eigenvalue weighted by atomic mass is 10.0. The van der Waals surface area contributed by atoms with E-state index in [0.717, 1.165) is 30.8 Å². The van der Waals surface area contributed by atoms with E-state index in [4.69, 9.17) is 17.3 Å².